The summed E-state index contributed by atoms with van der Waals surface area (Å²) in [4.78, 5) is 14.3. The number of piperidine rings is 1. The van der Waals surface area contributed by atoms with Crippen LogP contribution in [0.15, 0.2) is 0 Å². The van der Waals surface area contributed by atoms with Gasteiger partial charge in [-0.15, -0.1) is 0 Å². The molecule has 4 heteroatoms. The van der Waals surface area contributed by atoms with Crippen molar-refractivity contribution < 1.29 is 4.79 Å². The molecule has 0 aromatic heterocycles. The van der Waals surface area contributed by atoms with Gasteiger partial charge in [0.25, 0.3) is 0 Å². The zero-order valence-corrected chi connectivity index (χ0v) is 11.6. The number of fused-ring (bicyclic) bond motifs is 1. The van der Waals surface area contributed by atoms with E-state index in [-0.39, 0.29) is 17.7 Å². The first-order valence-corrected chi connectivity index (χ1v) is 7.63. The standard InChI is InChI=1S/C15H23N3O/c1-10-4-5-11(8-16)13(7-10)18-6-2-3-12-14(18)9-17-15(12)19/h10-14H,2-7,9H2,1H3,(H,17,19). The molecule has 4 nitrogen and oxygen atoms in total. The van der Waals surface area contributed by atoms with Crippen LogP contribution < -0.4 is 5.32 Å². The lowest BCUT2D eigenvalue weighted by molar-refractivity contribution is -0.124. The number of carbonyl (C=O) groups excluding carboxylic acids is 1. The van der Waals surface area contributed by atoms with E-state index < -0.39 is 0 Å². The summed E-state index contributed by atoms with van der Waals surface area (Å²) in [5.74, 6) is 1.27. The summed E-state index contributed by atoms with van der Waals surface area (Å²) in [5, 5.41) is 12.4. The first-order chi connectivity index (χ1) is 9.20. The van der Waals surface area contributed by atoms with Crippen molar-refractivity contribution in [3.63, 3.8) is 0 Å². The quantitative estimate of drug-likeness (QED) is 0.778. The highest BCUT2D eigenvalue weighted by atomic mass is 16.2. The molecule has 5 atom stereocenters. The number of hydrogen-bond acceptors (Lipinski definition) is 3. The summed E-state index contributed by atoms with van der Waals surface area (Å²) in [6.45, 7) is 4.14. The second kappa shape index (κ2) is 5.13. The van der Waals surface area contributed by atoms with Gasteiger partial charge >= 0.3 is 0 Å². The molecule has 104 valence electrons. The molecule has 19 heavy (non-hydrogen) atoms. The first kappa shape index (κ1) is 12.9. The lowest BCUT2D eigenvalue weighted by Gasteiger charge is -2.45. The van der Waals surface area contributed by atoms with Gasteiger partial charge < -0.3 is 5.32 Å². The highest BCUT2D eigenvalue weighted by Crippen LogP contribution is 2.37. The second-order valence-electron chi connectivity index (χ2n) is 6.52. The van der Waals surface area contributed by atoms with Crippen molar-refractivity contribution in [3.05, 3.63) is 0 Å². The van der Waals surface area contributed by atoms with Gasteiger partial charge in [0, 0.05) is 18.6 Å². The number of amides is 1. The van der Waals surface area contributed by atoms with Crippen molar-refractivity contribution in [1.82, 2.24) is 10.2 Å². The minimum Gasteiger partial charge on any atom is -0.354 e. The predicted octanol–water partition coefficient (Wildman–Crippen LogP) is 1.53. The van der Waals surface area contributed by atoms with Crippen LogP contribution in [-0.2, 0) is 4.79 Å². The SMILES string of the molecule is CC1CCC(C#N)C(N2CCCC3C(=O)NCC32)C1. The Morgan fingerprint density at radius 2 is 2.16 bits per heavy atom. The number of nitrogens with one attached hydrogen (secondary N) is 1. The summed E-state index contributed by atoms with van der Waals surface area (Å²) in [6, 6.07) is 3.23. The van der Waals surface area contributed by atoms with Crippen LogP contribution in [0.5, 0.6) is 0 Å². The number of hydrogen-bond donors (Lipinski definition) is 1. The first-order valence-electron chi connectivity index (χ1n) is 7.63. The molecule has 3 rings (SSSR count). The fourth-order valence-electron chi connectivity index (χ4n) is 4.26. The highest BCUT2D eigenvalue weighted by Gasteiger charge is 2.45. The van der Waals surface area contributed by atoms with E-state index >= 15 is 0 Å². The van der Waals surface area contributed by atoms with Gasteiger partial charge in [0.1, 0.15) is 0 Å². The van der Waals surface area contributed by atoms with Crippen LogP contribution in [-0.4, -0.2) is 36.0 Å². The summed E-state index contributed by atoms with van der Waals surface area (Å²) in [5.41, 5.74) is 0. The molecule has 0 aromatic carbocycles. The predicted molar refractivity (Wildman–Crippen MR) is 72.1 cm³/mol. The van der Waals surface area contributed by atoms with Crippen molar-refractivity contribution >= 4 is 5.91 Å². The smallest absolute Gasteiger partial charge is 0.224 e. The second-order valence-corrected chi connectivity index (χ2v) is 6.52. The van der Waals surface area contributed by atoms with Crippen LogP contribution in [0.3, 0.4) is 0 Å². The minimum atomic E-state index is 0.158. The third-order valence-electron chi connectivity index (χ3n) is 5.31. The van der Waals surface area contributed by atoms with Gasteiger partial charge in [-0.1, -0.05) is 6.92 Å². The Kier molecular flexibility index (Phi) is 3.49. The molecule has 1 saturated carbocycles. The molecule has 0 radical (unpaired) electrons. The maximum absolute atomic E-state index is 11.8. The van der Waals surface area contributed by atoms with Crippen LogP contribution in [0.4, 0.5) is 0 Å². The highest BCUT2D eigenvalue weighted by molar-refractivity contribution is 5.82. The summed E-state index contributed by atoms with van der Waals surface area (Å²) in [6.07, 6.45) is 5.44. The topological polar surface area (TPSA) is 56.1 Å². The molecule has 2 heterocycles. The Labute approximate surface area is 115 Å². The summed E-state index contributed by atoms with van der Waals surface area (Å²) < 4.78 is 0. The van der Waals surface area contributed by atoms with Crippen molar-refractivity contribution in [2.24, 2.45) is 17.8 Å². The molecule has 0 aromatic rings. The fraction of sp³-hybridized carbons (Fsp3) is 0.867. The molecule has 0 bridgehead atoms. The van der Waals surface area contributed by atoms with Gasteiger partial charge in [0.05, 0.1) is 17.9 Å². The van der Waals surface area contributed by atoms with E-state index in [1.807, 2.05) is 0 Å². The number of nitriles is 1. The molecule has 2 aliphatic heterocycles. The molecule has 2 saturated heterocycles. The number of rotatable bonds is 1. The molecule has 1 amide bonds. The van der Waals surface area contributed by atoms with Gasteiger partial charge in [0.15, 0.2) is 0 Å². The van der Waals surface area contributed by atoms with Gasteiger partial charge in [-0.25, -0.2) is 0 Å². The number of carbonyl (C=O) groups is 1. The third-order valence-corrected chi connectivity index (χ3v) is 5.31. The van der Waals surface area contributed by atoms with E-state index in [1.54, 1.807) is 0 Å². The van der Waals surface area contributed by atoms with Crippen LogP contribution in [0.1, 0.15) is 39.0 Å². The maximum atomic E-state index is 11.8. The Balaban J connectivity index is 1.79. The Morgan fingerprint density at radius 1 is 1.32 bits per heavy atom. The normalized spacial score (nSPS) is 43.4. The lowest BCUT2D eigenvalue weighted by Crippen LogP contribution is -2.54. The molecular formula is C15H23N3O. The van der Waals surface area contributed by atoms with E-state index in [1.165, 1.54) is 6.42 Å². The molecule has 3 aliphatic rings. The fourth-order valence-corrected chi connectivity index (χ4v) is 4.26. The molecule has 1 N–H and O–H groups in total. The van der Waals surface area contributed by atoms with Crippen LogP contribution >= 0.6 is 0 Å². The average molecular weight is 261 g/mol. The van der Waals surface area contributed by atoms with Crippen molar-refractivity contribution in [2.45, 2.75) is 51.1 Å². The molecular weight excluding hydrogens is 238 g/mol. The third kappa shape index (κ3) is 2.25. The van der Waals surface area contributed by atoms with Gasteiger partial charge in [0.2, 0.25) is 5.91 Å². The molecule has 5 unspecified atom stereocenters. The van der Waals surface area contributed by atoms with Crippen LogP contribution in [0.2, 0.25) is 0 Å². The largest absolute Gasteiger partial charge is 0.354 e. The summed E-state index contributed by atoms with van der Waals surface area (Å²) >= 11 is 0. The number of nitrogens with zero attached hydrogens (tertiary/aromatic N) is 2. The Hall–Kier alpha value is -1.08. The van der Waals surface area contributed by atoms with Gasteiger partial charge in [-0.05, 0) is 44.6 Å². The van der Waals surface area contributed by atoms with E-state index in [4.69, 9.17) is 0 Å². The Morgan fingerprint density at radius 3 is 2.95 bits per heavy atom. The van der Waals surface area contributed by atoms with Gasteiger partial charge in [-0.3, -0.25) is 9.69 Å². The van der Waals surface area contributed by atoms with Crippen LogP contribution in [0.25, 0.3) is 0 Å². The number of likely N-dealkylation sites (tertiary alicyclic amines) is 1. The van der Waals surface area contributed by atoms with Crippen LogP contribution in [0, 0.1) is 29.1 Å². The zero-order valence-electron chi connectivity index (χ0n) is 11.6. The zero-order chi connectivity index (χ0) is 13.4. The minimum absolute atomic E-state index is 0.158. The molecule has 3 fully saturated rings. The van der Waals surface area contributed by atoms with Crippen molar-refractivity contribution in [1.29, 1.82) is 5.26 Å². The molecule has 0 spiro atoms. The van der Waals surface area contributed by atoms with E-state index in [0.717, 1.165) is 38.8 Å². The van der Waals surface area contributed by atoms with E-state index in [2.05, 4.69) is 23.2 Å². The lowest BCUT2D eigenvalue weighted by atomic mass is 9.77. The summed E-state index contributed by atoms with van der Waals surface area (Å²) in [7, 11) is 0. The monoisotopic (exact) mass is 261 g/mol. The average Bonchev–Trinajstić information content (AvgIpc) is 2.81. The van der Waals surface area contributed by atoms with E-state index in [9.17, 15) is 10.1 Å². The van der Waals surface area contributed by atoms with Crippen molar-refractivity contribution in [2.75, 3.05) is 13.1 Å². The van der Waals surface area contributed by atoms with Crippen molar-refractivity contribution in [3.8, 4) is 6.07 Å². The maximum Gasteiger partial charge on any atom is 0.224 e. The molecule has 1 aliphatic carbocycles. The Bertz CT molecular complexity index is 403. The van der Waals surface area contributed by atoms with Gasteiger partial charge in [-0.2, -0.15) is 5.26 Å². The van der Waals surface area contributed by atoms with E-state index in [0.29, 0.717) is 18.0 Å².